The lowest BCUT2D eigenvalue weighted by atomic mass is 9.99. The predicted octanol–water partition coefficient (Wildman–Crippen LogP) is 11.2. The summed E-state index contributed by atoms with van der Waals surface area (Å²) in [5.41, 5.74) is 9.02. The number of fused-ring (bicyclic) bond motifs is 6. The molecule has 0 aliphatic heterocycles. The molecule has 0 atom stereocenters. The van der Waals surface area contributed by atoms with E-state index in [9.17, 15) is 0 Å². The van der Waals surface area contributed by atoms with Gasteiger partial charge in [0, 0.05) is 38.2 Å². The molecule has 10 rings (SSSR count). The van der Waals surface area contributed by atoms with E-state index in [1.807, 2.05) is 85.1 Å². The van der Waals surface area contributed by atoms with E-state index in [2.05, 4.69) is 78.9 Å². The number of para-hydroxylation sites is 1. The molecule has 6 heteroatoms. The fourth-order valence-corrected chi connectivity index (χ4v) is 6.87. The van der Waals surface area contributed by atoms with Crippen LogP contribution in [-0.4, -0.2) is 24.9 Å². The molecule has 0 aliphatic rings. The van der Waals surface area contributed by atoms with Crippen LogP contribution >= 0.6 is 0 Å². The van der Waals surface area contributed by atoms with Crippen molar-refractivity contribution in [1.29, 1.82) is 0 Å². The van der Waals surface area contributed by atoms with Crippen LogP contribution in [0, 0.1) is 0 Å². The van der Waals surface area contributed by atoms with Gasteiger partial charge in [-0.3, -0.25) is 4.98 Å². The third-order valence-corrected chi connectivity index (χ3v) is 9.36. The Morgan fingerprint density at radius 1 is 0.353 bits per heavy atom. The minimum Gasteiger partial charge on any atom is -0.454 e. The highest BCUT2D eigenvalue weighted by molar-refractivity contribution is 6.12. The third kappa shape index (κ3) is 5.09. The Morgan fingerprint density at radius 3 is 1.67 bits per heavy atom. The van der Waals surface area contributed by atoms with E-state index in [0.717, 1.165) is 82.8 Å². The molecule has 0 unspecified atom stereocenters. The van der Waals surface area contributed by atoms with E-state index in [4.69, 9.17) is 29.3 Å². The third-order valence-electron chi connectivity index (χ3n) is 9.36. The Kier molecular flexibility index (Phi) is 6.70. The molecular formula is C45H27N5O. The zero-order valence-electron chi connectivity index (χ0n) is 27.2. The van der Waals surface area contributed by atoms with Crippen molar-refractivity contribution in [3.63, 3.8) is 0 Å². The molecule has 0 fully saturated rings. The van der Waals surface area contributed by atoms with Crippen molar-refractivity contribution >= 4 is 43.6 Å². The second-order valence-corrected chi connectivity index (χ2v) is 12.5. The number of benzene rings is 6. The van der Waals surface area contributed by atoms with E-state index in [0.29, 0.717) is 17.5 Å². The Bertz CT molecular complexity index is 2860. The summed E-state index contributed by atoms with van der Waals surface area (Å²) in [6.45, 7) is 0. The molecule has 0 aliphatic carbocycles. The molecule has 0 bridgehead atoms. The largest absolute Gasteiger partial charge is 0.454 e. The minimum absolute atomic E-state index is 0.616. The van der Waals surface area contributed by atoms with E-state index in [1.165, 1.54) is 0 Å². The van der Waals surface area contributed by atoms with Gasteiger partial charge in [0.15, 0.2) is 23.1 Å². The zero-order chi connectivity index (χ0) is 33.7. The number of furan rings is 1. The van der Waals surface area contributed by atoms with Gasteiger partial charge >= 0.3 is 0 Å². The van der Waals surface area contributed by atoms with Crippen LogP contribution in [0.25, 0.3) is 100 Å². The second kappa shape index (κ2) is 11.8. The molecule has 0 saturated carbocycles. The SMILES string of the molecule is c1ccc(-c2nc(-c3ccccc3)nc(-c3cccc(-c4ccc5oc6cnc(-c7nc8ccccc8c8ccccc78)cc6c5c4)c3)n2)cc1. The van der Waals surface area contributed by atoms with Crippen LogP contribution in [0.4, 0.5) is 0 Å². The van der Waals surface area contributed by atoms with Crippen molar-refractivity contribution in [1.82, 2.24) is 24.9 Å². The molecule has 238 valence electrons. The van der Waals surface area contributed by atoms with E-state index in [1.54, 1.807) is 0 Å². The highest BCUT2D eigenvalue weighted by Crippen LogP contribution is 2.37. The van der Waals surface area contributed by atoms with Gasteiger partial charge in [-0.1, -0.05) is 127 Å². The van der Waals surface area contributed by atoms with Crippen molar-refractivity contribution in [3.8, 4) is 56.7 Å². The van der Waals surface area contributed by atoms with Crippen LogP contribution in [0.3, 0.4) is 0 Å². The number of rotatable bonds is 5. The van der Waals surface area contributed by atoms with E-state index in [-0.39, 0.29) is 0 Å². The second-order valence-electron chi connectivity index (χ2n) is 12.5. The summed E-state index contributed by atoms with van der Waals surface area (Å²) < 4.78 is 6.29. The lowest BCUT2D eigenvalue weighted by Gasteiger charge is -2.10. The van der Waals surface area contributed by atoms with Crippen molar-refractivity contribution in [2.45, 2.75) is 0 Å². The summed E-state index contributed by atoms with van der Waals surface area (Å²) >= 11 is 0. The Labute approximate surface area is 292 Å². The first-order valence-corrected chi connectivity index (χ1v) is 16.8. The van der Waals surface area contributed by atoms with Crippen LogP contribution in [0.15, 0.2) is 168 Å². The monoisotopic (exact) mass is 653 g/mol. The summed E-state index contributed by atoms with van der Waals surface area (Å²) in [7, 11) is 0. The van der Waals surface area contributed by atoms with Gasteiger partial charge < -0.3 is 4.42 Å². The first kappa shape index (κ1) is 28.9. The number of aromatic nitrogens is 5. The summed E-state index contributed by atoms with van der Waals surface area (Å²) in [5.74, 6) is 1.88. The summed E-state index contributed by atoms with van der Waals surface area (Å²) in [5, 5.41) is 5.36. The first-order chi connectivity index (χ1) is 25.2. The number of hydrogen-bond acceptors (Lipinski definition) is 6. The number of pyridine rings is 2. The molecule has 51 heavy (non-hydrogen) atoms. The molecule has 6 aromatic carbocycles. The van der Waals surface area contributed by atoms with Crippen LogP contribution in [0.2, 0.25) is 0 Å². The van der Waals surface area contributed by atoms with Crippen LogP contribution < -0.4 is 0 Å². The summed E-state index contributed by atoms with van der Waals surface area (Å²) in [6.07, 6.45) is 1.81. The Hall–Kier alpha value is -7.05. The molecular weight excluding hydrogens is 627 g/mol. The number of hydrogen-bond donors (Lipinski definition) is 0. The molecule has 4 aromatic heterocycles. The van der Waals surface area contributed by atoms with Gasteiger partial charge in [-0.05, 0) is 46.8 Å². The lowest BCUT2D eigenvalue weighted by Crippen LogP contribution is -2.00. The van der Waals surface area contributed by atoms with Gasteiger partial charge in [-0.2, -0.15) is 0 Å². The Morgan fingerprint density at radius 2 is 0.922 bits per heavy atom. The maximum absolute atomic E-state index is 6.29. The Balaban J connectivity index is 1.09. The predicted molar refractivity (Wildman–Crippen MR) is 205 cm³/mol. The molecule has 6 nitrogen and oxygen atoms in total. The summed E-state index contributed by atoms with van der Waals surface area (Å²) in [4.78, 5) is 24.7. The average Bonchev–Trinajstić information content (AvgIpc) is 3.58. The molecule has 0 N–H and O–H groups in total. The maximum atomic E-state index is 6.29. The average molecular weight is 654 g/mol. The van der Waals surface area contributed by atoms with Crippen LogP contribution in [0.5, 0.6) is 0 Å². The fraction of sp³-hybridized carbons (Fsp3) is 0. The highest BCUT2D eigenvalue weighted by Gasteiger charge is 2.16. The topological polar surface area (TPSA) is 77.6 Å². The smallest absolute Gasteiger partial charge is 0.164 e. The maximum Gasteiger partial charge on any atom is 0.164 e. The van der Waals surface area contributed by atoms with Gasteiger partial charge in [0.1, 0.15) is 5.58 Å². The number of nitrogens with zero attached hydrogens (tertiary/aromatic N) is 5. The van der Waals surface area contributed by atoms with Crippen molar-refractivity contribution in [2.75, 3.05) is 0 Å². The van der Waals surface area contributed by atoms with Crippen molar-refractivity contribution < 1.29 is 4.42 Å². The fourth-order valence-electron chi connectivity index (χ4n) is 6.87. The van der Waals surface area contributed by atoms with Gasteiger partial charge in [0.05, 0.1) is 23.1 Å². The van der Waals surface area contributed by atoms with E-state index < -0.39 is 0 Å². The quantitative estimate of drug-likeness (QED) is 0.172. The van der Waals surface area contributed by atoms with Crippen LogP contribution in [-0.2, 0) is 0 Å². The van der Waals surface area contributed by atoms with Gasteiger partial charge in [0.2, 0.25) is 0 Å². The highest BCUT2D eigenvalue weighted by atomic mass is 16.3. The van der Waals surface area contributed by atoms with E-state index >= 15 is 0 Å². The normalized spacial score (nSPS) is 11.5. The van der Waals surface area contributed by atoms with Crippen molar-refractivity contribution in [2.24, 2.45) is 0 Å². The molecule has 0 spiro atoms. The zero-order valence-corrected chi connectivity index (χ0v) is 27.2. The van der Waals surface area contributed by atoms with Crippen LogP contribution in [0.1, 0.15) is 0 Å². The molecule has 10 aromatic rings. The van der Waals surface area contributed by atoms with Gasteiger partial charge in [-0.25, -0.2) is 19.9 Å². The first-order valence-electron chi connectivity index (χ1n) is 16.8. The van der Waals surface area contributed by atoms with Crippen molar-refractivity contribution in [3.05, 3.63) is 164 Å². The minimum atomic E-state index is 0.616. The summed E-state index contributed by atoms with van der Waals surface area (Å²) in [6, 6.07) is 53.5. The molecule has 0 radical (unpaired) electrons. The van der Waals surface area contributed by atoms with Gasteiger partial charge in [0.25, 0.3) is 0 Å². The van der Waals surface area contributed by atoms with Gasteiger partial charge in [-0.15, -0.1) is 0 Å². The lowest BCUT2D eigenvalue weighted by molar-refractivity contribution is 0.667. The molecule has 0 amide bonds. The standard InChI is InChI=1S/C45H27N5O/c1-3-12-28(13-4-1)43-48-44(29-14-5-2-6-15-29)50-45(49-43)32-17-11-16-30(24-32)31-22-23-40-36(25-31)37-26-39(46-27-41(37)51-40)42-35-20-8-7-18-33(35)34-19-9-10-21-38(34)47-42/h1-27H. The molecule has 0 saturated heterocycles. The molecule has 4 heterocycles.